The van der Waals surface area contributed by atoms with E-state index in [1.165, 1.54) is 16.7 Å². The van der Waals surface area contributed by atoms with E-state index in [1.54, 1.807) is 0 Å². The number of rotatable bonds is 4. The van der Waals surface area contributed by atoms with Crippen LogP contribution in [0.25, 0.3) is 106 Å². The largest absolute Gasteiger partial charge is 0.456 e. The summed E-state index contributed by atoms with van der Waals surface area (Å²) in [6.07, 6.45) is 6.70. The van der Waals surface area contributed by atoms with E-state index in [4.69, 9.17) is 23.8 Å². The fraction of sp³-hybridized carbons (Fsp3) is 0.0426. The highest BCUT2D eigenvalue weighted by molar-refractivity contribution is 6.19. The molecule has 5 nitrogen and oxygen atoms in total. The minimum absolute atomic E-state index is 0.589. The van der Waals surface area contributed by atoms with Crippen LogP contribution < -0.4 is 0 Å². The van der Waals surface area contributed by atoms with Crippen LogP contribution in [0.1, 0.15) is 17.5 Å². The Balaban J connectivity index is 1.17. The van der Waals surface area contributed by atoms with E-state index in [9.17, 15) is 0 Å². The van der Waals surface area contributed by atoms with E-state index in [0.717, 1.165) is 89.7 Å². The Labute approximate surface area is 298 Å². The van der Waals surface area contributed by atoms with Crippen LogP contribution in [0, 0.1) is 0 Å². The number of aromatic nitrogens is 3. The van der Waals surface area contributed by atoms with Crippen molar-refractivity contribution in [2.75, 3.05) is 0 Å². The van der Waals surface area contributed by atoms with Gasteiger partial charge in [0.1, 0.15) is 22.3 Å². The van der Waals surface area contributed by atoms with Gasteiger partial charge in [-0.25, -0.2) is 15.0 Å². The smallest absolute Gasteiger partial charge is 0.164 e. The van der Waals surface area contributed by atoms with Gasteiger partial charge in [0.25, 0.3) is 0 Å². The summed E-state index contributed by atoms with van der Waals surface area (Å²) in [6.45, 7) is 0. The molecule has 244 valence electrons. The average molecular weight is 668 g/mol. The van der Waals surface area contributed by atoms with E-state index in [1.807, 2.05) is 60.7 Å². The lowest BCUT2D eigenvalue weighted by atomic mass is 9.93. The van der Waals surface area contributed by atoms with Crippen molar-refractivity contribution >= 4 is 60.7 Å². The van der Waals surface area contributed by atoms with E-state index < -0.39 is 0 Å². The monoisotopic (exact) mass is 667 g/mol. The van der Waals surface area contributed by atoms with Gasteiger partial charge in [0.05, 0.1) is 0 Å². The molecule has 52 heavy (non-hydrogen) atoms. The highest BCUT2D eigenvalue weighted by Gasteiger charge is 2.21. The fourth-order valence-corrected chi connectivity index (χ4v) is 7.86. The maximum Gasteiger partial charge on any atom is 0.164 e. The van der Waals surface area contributed by atoms with Crippen molar-refractivity contribution in [1.82, 2.24) is 15.0 Å². The molecule has 0 amide bonds. The number of furan rings is 2. The predicted molar refractivity (Wildman–Crippen MR) is 211 cm³/mol. The van der Waals surface area contributed by atoms with Crippen LogP contribution in [-0.2, 0) is 6.42 Å². The fourth-order valence-electron chi connectivity index (χ4n) is 7.86. The molecule has 0 bridgehead atoms. The van der Waals surface area contributed by atoms with E-state index in [-0.39, 0.29) is 0 Å². The van der Waals surface area contributed by atoms with Crippen molar-refractivity contribution < 1.29 is 8.83 Å². The number of benzene rings is 7. The van der Waals surface area contributed by atoms with Crippen molar-refractivity contribution in [2.24, 2.45) is 0 Å². The van der Waals surface area contributed by atoms with Crippen molar-refractivity contribution in [3.8, 4) is 45.3 Å². The molecule has 1 aliphatic rings. The van der Waals surface area contributed by atoms with Crippen LogP contribution in [0.4, 0.5) is 0 Å². The van der Waals surface area contributed by atoms with Gasteiger partial charge in [0.2, 0.25) is 0 Å². The second-order valence-electron chi connectivity index (χ2n) is 13.5. The summed E-state index contributed by atoms with van der Waals surface area (Å²) in [5, 5.41) is 6.12. The van der Waals surface area contributed by atoms with Gasteiger partial charge in [-0.2, -0.15) is 0 Å². The third-order valence-corrected chi connectivity index (χ3v) is 10.4. The molecule has 0 unspecified atom stereocenters. The summed E-state index contributed by atoms with van der Waals surface area (Å²) < 4.78 is 12.9. The molecule has 11 rings (SSSR count). The lowest BCUT2D eigenvalue weighted by Gasteiger charge is -2.12. The molecule has 0 radical (unpaired) electrons. The number of aryl methyl sites for hydroxylation is 1. The second-order valence-corrected chi connectivity index (χ2v) is 13.5. The highest BCUT2D eigenvalue weighted by Crippen LogP contribution is 2.42. The minimum Gasteiger partial charge on any atom is -0.456 e. The molecule has 1 aliphatic carbocycles. The van der Waals surface area contributed by atoms with Crippen LogP contribution in [-0.4, -0.2) is 15.0 Å². The third-order valence-electron chi connectivity index (χ3n) is 10.4. The molecule has 3 aromatic heterocycles. The maximum absolute atomic E-state index is 6.63. The van der Waals surface area contributed by atoms with Crippen LogP contribution in [0.15, 0.2) is 154 Å². The van der Waals surface area contributed by atoms with Gasteiger partial charge in [-0.1, -0.05) is 115 Å². The minimum atomic E-state index is 0.589. The Morgan fingerprint density at radius 2 is 1.15 bits per heavy atom. The first-order valence-electron chi connectivity index (χ1n) is 17.7. The lowest BCUT2D eigenvalue weighted by molar-refractivity contribution is 0.669. The number of allylic oxidation sites excluding steroid dienone is 1. The molecule has 3 heterocycles. The van der Waals surface area contributed by atoms with Gasteiger partial charge in [0.15, 0.2) is 17.5 Å². The summed E-state index contributed by atoms with van der Waals surface area (Å²) in [5.41, 5.74) is 11.1. The van der Waals surface area contributed by atoms with Gasteiger partial charge < -0.3 is 8.83 Å². The zero-order chi connectivity index (χ0) is 34.2. The Hall–Kier alpha value is -6.85. The summed E-state index contributed by atoms with van der Waals surface area (Å²) >= 11 is 0. The molecule has 7 aromatic carbocycles. The zero-order valence-corrected chi connectivity index (χ0v) is 28.0. The van der Waals surface area contributed by atoms with E-state index in [0.29, 0.717) is 17.5 Å². The standard InChI is InChI=1S/C47H29N3O2/c1-2-12-29(13-3-1)45-48-46(36-18-10-20-42-43(36)35-17-8-9-19-40(35)51-42)50-47(49-45)39-27-38-37-26-32(31-22-21-28-11-4-5-14-30(28)25-31)23-24-41(37)52-44(38)34-16-7-6-15-33(34)39/h1-3,5-10,12-27H,4,11H2. The molecule has 0 N–H and O–H groups in total. The summed E-state index contributed by atoms with van der Waals surface area (Å²) in [4.78, 5) is 15.5. The maximum atomic E-state index is 6.63. The molecule has 0 fully saturated rings. The van der Waals surface area contributed by atoms with Crippen molar-refractivity contribution in [2.45, 2.75) is 12.8 Å². The Morgan fingerprint density at radius 1 is 0.442 bits per heavy atom. The highest BCUT2D eigenvalue weighted by atomic mass is 16.3. The van der Waals surface area contributed by atoms with Crippen LogP contribution in [0.5, 0.6) is 0 Å². The molecular weight excluding hydrogens is 639 g/mol. The molecule has 0 atom stereocenters. The summed E-state index contributed by atoms with van der Waals surface area (Å²) in [5.74, 6) is 1.79. The Kier molecular flexibility index (Phi) is 6.31. The Bertz CT molecular complexity index is 3080. The number of nitrogens with zero attached hydrogens (tertiary/aromatic N) is 3. The first-order valence-corrected chi connectivity index (χ1v) is 17.7. The molecule has 0 spiro atoms. The van der Waals surface area contributed by atoms with Gasteiger partial charge in [0, 0.05) is 43.6 Å². The van der Waals surface area contributed by atoms with Crippen LogP contribution in [0.3, 0.4) is 0 Å². The van der Waals surface area contributed by atoms with Gasteiger partial charge in [-0.15, -0.1) is 0 Å². The van der Waals surface area contributed by atoms with Crippen LogP contribution >= 0.6 is 0 Å². The average Bonchev–Trinajstić information content (AvgIpc) is 3.79. The second kappa shape index (κ2) is 11.3. The SMILES string of the molecule is C1=Cc2cc(-c3ccc4oc5c6ccccc6c(-c6nc(-c7ccccc7)nc(-c7cccc8oc9ccccc9c78)n6)cc5c4c3)ccc2CC1. The lowest BCUT2D eigenvalue weighted by Crippen LogP contribution is -2.01. The van der Waals surface area contributed by atoms with Gasteiger partial charge >= 0.3 is 0 Å². The van der Waals surface area contributed by atoms with Crippen molar-refractivity contribution in [3.05, 3.63) is 157 Å². The van der Waals surface area contributed by atoms with Crippen LogP contribution in [0.2, 0.25) is 0 Å². The van der Waals surface area contributed by atoms with E-state index in [2.05, 4.69) is 91.0 Å². The zero-order valence-electron chi connectivity index (χ0n) is 28.0. The first-order chi connectivity index (χ1) is 25.7. The first kappa shape index (κ1) is 28.9. The summed E-state index contributed by atoms with van der Waals surface area (Å²) in [6, 6.07) is 48.2. The third kappa shape index (κ3) is 4.53. The molecular formula is C47H29N3O2. The summed E-state index contributed by atoms with van der Waals surface area (Å²) in [7, 11) is 0. The molecule has 5 heteroatoms. The number of hydrogen-bond donors (Lipinski definition) is 0. The predicted octanol–water partition coefficient (Wildman–Crippen LogP) is 12.5. The van der Waals surface area contributed by atoms with Gasteiger partial charge in [-0.05, 0) is 76.9 Å². The number of para-hydroxylation sites is 1. The molecule has 10 aromatic rings. The normalized spacial score (nSPS) is 12.8. The van der Waals surface area contributed by atoms with E-state index >= 15 is 0 Å². The molecule has 0 saturated carbocycles. The number of hydrogen-bond acceptors (Lipinski definition) is 5. The van der Waals surface area contributed by atoms with Crippen molar-refractivity contribution in [3.63, 3.8) is 0 Å². The van der Waals surface area contributed by atoms with Gasteiger partial charge in [-0.3, -0.25) is 0 Å². The number of fused-ring (bicyclic) bond motifs is 9. The Morgan fingerprint density at radius 3 is 2.06 bits per heavy atom. The quantitative estimate of drug-likeness (QED) is 0.187. The van der Waals surface area contributed by atoms with Crippen molar-refractivity contribution in [1.29, 1.82) is 0 Å². The molecule has 0 aliphatic heterocycles. The molecule has 0 saturated heterocycles. The topological polar surface area (TPSA) is 65.0 Å².